The van der Waals surface area contributed by atoms with Crippen molar-refractivity contribution in [1.29, 1.82) is 0 Å². The molecule has 5 heterocycles. The van der Waals surface area contributed by atoms with Crippen LogP contribution >= 0.6 is 11.3 Å². The van der Waals surface area contributed by atoms with Crippen LogP contribution < -0.4 is 14.4 Å². The van der Waals surface area contributed by atoms with Crippen molar-refractivity contribution in [2.24, 2.45) is 5.41 Å². The highest BCUT2D eigenvalue weighted by atomic mass is 32.2. The van der Waals surface area contributed by atoms with Crippen molar-refractivity contribution in [2.45, 2.75) is 75.2 Å². The number of fused-ring (bicyclic) bond motifs is 6. The summed E-state index contributed by atoms with van der Waals surface area (Å²) in [5.41, 5.74) is 0.571. The Morgan fingerprint density at radius 3 is 2.54 bits per heavy atom. The summed E-state index contributed by atoms with van der Waals surface area (Å²) in [5.74, 6) is 1.50. The molecule has 2 aliphatic heterocycles. The fourth-order valence-electron chi connectivity index (χ4n) is 5.75. The van der Waals surface area contributed by atoms with E-state index in [0.29, 0.717) is 33.2 Å². The number of pyridine rings is 1. The van der Waals surface area contributed by atoms with Gasteiger partial charge in [-0.1, -0.05) is 54.5 Å². The maximum Gasteiger partial charge on any atom is 0.397 e. The topological polar surface area (TPSA) is 165 Å². The highest BCUT2D eigenvalue weighted by molar-refractivity contribution is 7.86. The van der Waals surface area contributed by atoms with Crippen LogP contribution in [0.4, 0.5) is 24.1 Å². The van der Waals surface area contributed by atoms with Crippen LogP contribution in [0.1, 0.15) is 59.4 Å². The van der Waals surface area contributed by atoms with E-state index in [1.807, 2.05) is 30.3 Å². The number of aromatic nitrogens is 4. The molecule has 50 heavy (non-hydrogen) atoms. The van der Waals surface area contributed by atoms with Gasteiger partial charge in [0.1, 0.15) is 23.1 Å². The maximum atomic E-state index is 13.7. The lowest BCUT2D eigenvalue weighted by Gasteiger charge is -2.26. The average Bonchev–Trinajstić information content (AvgIpc) is 3.80. The molecule has 1 aromatic carbocycles. The summed E-state index contributed by atoms with van der Waals surface area (Å²) in [5, 5.41) is 5.87. The summed E-state index contributed by atoms with van der Waals surface area (Å²) >= 11 is 1.23. The van der Waals surface area contributed by atoms with Gasteiger partial charge in [-0.05, 0) is 63.6 Å². The number of thiazole rings is 1. The molecule has 276 valence electrons. The molecule has 11 nitrogen and oxygen atoms in total. The molecule has 6 rings (SSSR count). The lowest BCUT2D eigenvalue weighted by Crippen LogP contribution is -2.37. The zero-order valence-corrected chi connectivity index (χ0v) is 30.3. The molecule has 2 aliphatic rings. The highest BCUT2D eigenvalue weighted by Crippen LogP contribution is 2.39. The van der Waals surface area contributed by atoms with Crippen molar-refractivity contribution in [3.8, 4) is 22.1 Å². The van der Waals surface area contributed by atoms with Gasteiger partial charge in [0.05, 0.1) is 10.7 Å². The van der Waals surface area contributed by atoms with Crippen molar-refractivity contribution in [2.75, 3.05) is 35.1 Å². The summed E-state index contributed by atoms with van der Waals surface area (Å²) in [7, 11) is -2.61. The number of nitrogens with one attached hydrogen (secondary N) is 1. The zero-order valence-electron chi connectivity index (χ0n) is 27.9. The van der Waals surface area contributed by atoms with Gasteiger partial charge < -0.3 is 20.6 Å². The van der Waals surface area contributed by atoms with E-state index in [1.165, 1.54) is 22.1 Å². The lowest BCUT2D eigenvalue weighted by atomic mass is 9.94. The van der Waals surface area contributed by atoms with Gasteiger partial charge in [-0.15, -0.1) is 5.10 Å². The van der Waals surface area contributed by atoms with E-state index in [2.05, 4.69) is 20.8 Å². The van der Waals surface area contributed by atoms with Crippen LogP contribution in [-0.4, -0.2) is 76.0 Å². The van der Waals surface area contributed by atoms with Crippen LogP contribution in [0.15, 0.2) is 59.8 Å². The average molecular weight is 759 g/mol. The Morgan fingerprint density at radius 2 is 1.78 bits per heavy atom. The summed E-state index contributed by atoms with van der Waals surface area (Å²) < 4.78 is 76.6. The number of aryl methyl sites for hydroxylation is 1. The first-order valence-electron chi connectivity index (χ1n) is 16.1. The van der Waals surface area contributed by atoms with E-state index in [0.717, 1.165) is 82.2 Å². The Labute approximate surface area is 299 Å². The fourth-order valence-corrected chi connectivity index (χ4v) is 9.16. The predicted molar refractivity (Wildman–Crippen MR) is 194 cm³/mol. The van der Waals surface area contributed by atoms with E-state index >= 15 is 0 Å². The summed E-state index contributed by atoms with van der Waals surface area (Å²) in [6, 6.07) is 15.0. The fraction of sp³-hybridized carbons (Fsp3) is 0.485. The van der Waals surface area contributed by atoms with Crippen molar-refractivity contribution in [3.63, 3.8) is 0 Å². The van der Waals surface area contributed by atoms with Gasteiger partial charge >= 0.3 is 6.18 Å². The molecule has 17 heteroatoms. The van der Waals surface area contributed by atoms with E-state index in [1.54, 1.807) is 12.3 Å². The second kappa shape index (κ2) is 16.8. The minimum atomic E-state index is -4.43. The number of rotatable bonds is 6. The first-order valence-corrected chi connectivity index (χ1v) is 19.5. The molecular formula is C33H45F3N6O5S3. The quantitative estimate of drug-likeness (QED) is 0.255. The van der Waals surface area contributed by atoms with Crippen LogP contribution in [0.5, 0.6) is 5.88 Å². The summed E-state index contributed by atoms with van der Waals surface area (Å²) in [6.45, 7) is 3.02. The third-order valence-electron chi connectivity index (χ3n) is 8.70. The molecule has 4 aromatic rings. The normalized spacial score (nSPS) is 20.1. The zero-order chi connectivity index (χ0) is 33.9. The standard InChI is InChI=1S/C33H39F3N6O3S3.2H2O.H2/c1-32(2,33(34,35)36)22-45-27-17-19-42(39-27)30-29-25-14-7-6-12-23(25)11-5-3-4-8-18-41(21-24-13-10-20-47(24)43)26-15-9-16-28(37-26)48(44)40-31(38-29)46-30;;;/h6-7,9,12,14-17,19,24H,3-5,8,10-11,13,18,20-22H2,1-2H3,(H,38,40);2*1H2;1H. The Morgan fingerprint density at radius 1 is 1.00 bits per heavy atom. The molecule has 1 saturated heterocycles. The second-order valence-electron chi connectivity index (χ2n) is 12.8. The molecule has 4 bridgehead atoms. The molecule has 0 saturated carbocycles. The molecule has 0 spiro atoms. The molecule has 1 fully saturated rings. The molecule has 5 N–H and O–H groups in total. The van der Waals surface area contributed by atoms with E-state index in [9.17, 15) is 21.6 Å². The van der Waals surface area contributed by atoms with Gasteiger partial charge in [-0.25, -0.2) is 18.9 Å². The number of ether oxygens (including phenoxy) is 1. The molecule has 3 unspecified atom stereocenters. The van der Waals surface area contributed by atoms with Gasteiger partial charge in [0.25, 0.3) is 0 Å². The minimum absolute atomic E-state index is 0. The first-order chi connectivity index (χ1) is 23.0. The molecule has 0 aliphatic carbocycles. The number of nitrogens with zero attached hydrogens (tertiary/aromatic N) is 5. The number of hydrogen-bond acceptors (Lipinski definition) is 8. The van der Waals surface area contributed by atoms with Gasteiger partial charge in [0.15, 0.2) is 21.1 Å². The van der Waals surface area contributed by atoms with Crippen LogP contribution in [0.2, 0.25) is 0 Å². The number of anilines is 2. The van der Waals surface area contributed by atoms with Gasteiger partial charge in [0, 0.05) is 48.9 Å². The SMILES string of the molecule is CC(C)(COc1ccn(-c2sc3nc2-c2ccccc2CCCCCCN(CC2CCCS2=O)c2cccc(n2)S(=O)N3)n1)C(F)(F)F.O.O.[HH]. The van der Waals surface area contributed by atoms with Crippen LogP contribution in [0.3, 0.4) is 0 Å². The van der Waals surface area contributed by atoms with Gasteiger partial charge in [0.2, 0.25) is 5.88 Å². The third kappa shape index (κ3) is 9.09. The smallest absolute Gasteiger partial charge is 0.397 e. The van der Waals surface area contributed by atoms with Crippen molar-refractivity contribution < 1.29 is 38.7 Å². The Hall–Kier alpha value is -3.38. The number of alkyl halides is 3. The van der Waals surface area contributed by atoms with E-state index in [-0.39, 0.29) is 23.5 Å². The van der Waals surface area contributed by atoms with E-state index in [4.69, 9.17) is 14.7 Å². The molecule has 0 radical (unpaired) electrons. The number of benzene rings is 1. The van der Waals surface area contributed by atoms with Crippen molar-refractivity contribution in [3.05, 3.63) is 60.3 Å². The monoisotopic (exact) mass is 758 g/mol. The number of hydrogen-bond donors (Lipinski definition) is 1. The third-order valence-corrected chi connectivity index (χ3v) is 12.6. The Balaban J connectivity index is 0.00000234. The lowest BCUT2D eigenvalue weighted by molar-refractivity contribution is -0.219. The first kappa shape index (κ1) is 39.4. The Bertz CT molecular complexity index is 1790. The van der Waals surface area contributed by atoms with Crippen molar-refractivity contribution in [1.82, 2.24) is 19.7 Å². The van der Waals surface area contributed by atoms with E-state index < -0.39 is 40.0 Å². The van der Waals surface area contributed by atoms with Crippen LogP contribution in [0, 0.1) is 5.41 Å². The van der Waals surface area contributed by atoms with Crippen molar-refractivity contribution >= 4 is 44.1 Å². The Kier molecular flexibility index (Phi) is 13.2. The largest absolute Gasteiger partial charge is 0.476 e. The molecule has 0 amide bonds. The summed E-state index contributed by atoms with van der Waals surface area (Å²) in [4.78, 5) is 11.8. The van der Waals surface area contributed by atoms with Crippen LogP contribution in [0.25, 0.3) is 16.3 Å². The van der Waals surface area contributed by atoms with Crippen LogP contribution in [-0.2, 0) is 28.2 Å². The van der Waals surface area contributed by atoms with Gasteiger partial charge in [-0.2, -0.15) is 13.2 Å². The number of halogens is 3. The maximum absolute atomic E-state index is 13.7. The highest BCUT2D eigenvalue weighted by Gasteiger charge is 2.48. The molecular weight excluding hydrogens is 714 g/mol. The second-order valence-corrected chi connectivity index (χ2v) is 16.7. The molecule has 3 atom stereocenters. The molecule has 3 aromatic heterocycles. The minimum Gasteiger partial charge on any atom is -0.476 e. The van der Waals surface area contributed by atoms with Gasteiger partial charge in [-0.3, -0.25) is 8.93 Å². The predicted octanol–water partition coefficient (Wildman–Crippen LogP) is 5.92. The summed E-state index contributed by atoms with van der Waals surface area (Å²) in [6.07, 6.45) is 3.90.